The molecule has 1 heterocycles. The fraction of sp³-hybridized carbons (Fsp3) is 0.500. The van der Waals surface area contributed by atoms with Crippen LogP contribution in [0.15, 0.2) is 22.8 Å². The van der Waals surface area contributed by atoms with Crippen molar-refractivity contribution in [1.82, 2.24) is 9.80 Å². The molecule has 1 unspecified atom stereocenters. The maximum Gasteiger partial charge on any atom is 0.310 e. The van der Waals surface area contributed by atoms with Gasteiger partial charge in [-0.1, -0.05) is 6.92 Å². The van der Waals surface area contributed by atoms with Crippen LogP contribution in [-0.4, -0.2) is 61.9 Å². The number of ether oxygens (including phenoxy) is 1. The lowest BCUT2D eigenvalue weighted by Crippen LogP contribution is -2.41. The number of amides is 2. The van der Waals surface area contributed by atoms with E-state index in [-0.39, 0.29) is 36.6 Å². The van der Waals surface area contributed by atoms with Crippen LogP contribution < -0.4 is 0 Å². The molecule has 0 radical (unpaired) electrons. The number of likely N-dealkylation sites (N-methyl/N-ethyl adjacent to an activating group) is 2. The molecule has 0 aromatic carbocycles. The summed E-state index contributed by atoms with van der Waals surface area (Å²) in [5.41, 5.74) is 0. The number of hydrogen-bond acceptors (Lipinski definition) is 5. The van der Waals surface area contributed by atoms with Crippen LogP contribution in [0.5, 0.6) is 0 Å². The molecule has 1 rings (SSSR count). The van der Waals surface area contributed by atoms with Gasteiger partial charge in [0, 0.05) is 20.6 Å². The molecule has 0 saturated heterocycles. The first-order chi connectivity index (χ1) is 9.86. The predicted molar refractivity (Wildman–Crippen MR) is 74.5 cm³/mol. The van der Waals surface area contributed by atoms with Gasteiger partial charge in [0.25, 0.3) is 5.91 Å². The van der Waals surface area contributed by atoms with Gasteiger partial charge in [0.15, 0.2) is 5.76 Å². The lowest BCUT2D eigenvalue weighted by atomic mass is 10.2. The van der Waals surface area contributed by atoms with Crippen molar-refractivity contribution >= 4 is 17.8 Å². The Morgan fingerprint density at radius 2 is 1.95 bits per heavy atom. The normalized spacial score (nSPS) is 11.6. The number of rotatable bonds is 6. The van der Waals surface area contributed by atoms with Gasteiger partial charge in [0.1, 0.15) is 0 Å². The van der Waals surface area contributed by atoms with Crippen molar-refractivity contribution in [1.29, 1.82) is 0 Å². The number of nitrogens with zero attached hydrogens (tertiary/aromatic N) is 2. The summed E-state index contributed by atoms with van der Waals surface area (Å²) in [6.07, 6.45) is 1.40. The van der Waals surface area contributed by atoms with E-state index >= 15 is 0 Å². The molecule has 7 heteroatoms. The molecule has 0 N–H and O–H groups in total. The smallest absolute Gasteiger partial charge is 0.310 e. The highest BCUT2D eigenvalue weighted by Gasteiger charge is 2.22. The van der Waals surface area contributed by atoms with Gasteiger partial charge in [-0.2, -0.15) is 0 Å². The Morgan fingerprint density at radius 3 is 2.48 bits per heavy atom. The molecule has 7 nitrogen and oxygen atoms in total. The van der Waals surface area contributed by atoms with Gasteiger partial charge >= 0.3 is 5.97 Å². The molecule has 0 spiro atoms. The fourth-order valence-electron chi connectivity index (χ4n) is 1.77. The number of carbonyl (C=O) groups excluding carboxylic acids is 3. The number of carbonyl (C=O) groups is 3. The molecule has 0 fully saturated rings. The average molecular weight is 296 g/mol. The maximum atomic E-state index is 12.0. The quantitative estimate of drug-likeness (QED) is 0.719. The van der Waals surface area contributed by atoms with Crippen LogP contribution >= 0.6 is 0 Å². The van der Waals surface area contributed by atoms with Crippen molar-refractivity contribution in [2.24, 2.45) is 5.92 Å². The SMILES string of the molecule is COC(=O)C(C)CN(C)C(=O)CN(C)C(=O)c1ccco1. The molecule has 2 amide bonds. The lowest BCUT2D eigenvalue weighted by molar-refractivity contribution is -0.146. The lowest BCUT2D eigenvalue weighted by Gasteiger charge is -2.23. The van der Waals surface area contributed by atoms with Gasteiger partial charge in [0.2, 0.25) is 5.91 Å². The standard InChI is InChI=1S/C14H20N2O5/c1-10(14(19)20-4)8-15(2)12(17)9-16(3)13(18)11-6-5-7-21-11/h5-7,10H,8-9H2,1-4H3. The third-order valence-electron chi connectivity index (χ3n) is 3.03. The number of methoxy groups -OCH3 is 1. The molecule has 1 aromatic heterocycles. The van der Waals surface area contributed by atoms with Crippen LogP contribution in [-0.2, 0) is 14.3 Å². The topological polar surface area (TPSA) is 80.1 Å². The van der Waals surface area contributed by atoms with Crippen molar-refractivity contribution in [2.45, 2.75) is 6.92 Å². The zero-order valence-corrected chi connectivity index (χ0v) is 12.7. The summed E-state index contributed by atoms with van der Waals surface area (Å²) < 4.78 is 9.60. The van der Waals surface area contributed by atoms with Crippen LogP contribution in [0.4, 0.5) is 0 Å². The second-order valence-corrected chi connectivity index (χ2v) is 4.84. The van der Waals surface area contributed by atoms with Crippen LogP contribution in [0.25, 0.3) is 0 Å². The first-order valence-corrected chi connectivity index (χ1v) is 6.47. The summed E-state index contributed by atoms with van der Waals surface area (Å²) >= 11 is 0. The van der Waals surface area contributed by atoms with Crippen molar-refractivity contribution in [3.05, 3.63) is 24.2 Å². The summed E-state index contributed by atoms with van der Waals surface area (Å²) in [6.45, 7) is 1.81. The Bertz CT molecular complexity index is 497. The number of esters is 1. The van der Waals surface area contributed by atoms with Crippen LogP contribution in [0.3, 0.4) is 0 Å². The number of furan rings is 1. The van der Waals surface area contributed by atoms with E-state index in [2.05, 4.69) is 4.74 Å². The van der Waals surface area contributed by atoms with Gasteiger partial charge in [-0.25, -0.2) is 0 Å². The zero-order valence-electron chi connectivity index (χ0n) is 12.7. The minimum Gasteiger partial charge on any atom is -0.469 e. The van der Waals surface area contributed by atoms with E-state index in [0.717, 1.165) is 0 Å². The van der Waals surface area contributed by atoms with Crippen molar-refractivity contribution in [2.75, 3.05) is 34.3 Å². The van der Waals surface area contributed by atoms with E-state index < -0.39 is 5.92 Å². The van der Waals surface area contributed by atoms with E-state index in [9.17, 15) is 14.4 Å². The molecule has 0 aliphatic rings. The Labute approximate surface area is 123 Å². The third kappa shape index (κ3) is 4.62. The van der Waals surface area contributed by atoms with E-state index in [1.165, 1.54) is 36.3 Å². The first-order valence-electron chi connectivity index (χ1n) is 6.47. The second-order valence-electron chi connectivity index (χ2n) is 4.84. The maximum absolute atomic E-state index is 12.0. The van der Waals surface area contributed by atoms with Crippen LogP contribution in [0.1, 0.15) is 17.5 Å². The molecule has 0 aliphatic heterocycles. The highest BCUT2D eigenvalue weighted by atomic mass is 16.5. The molecule has 0 bridgehead atoms. The molecular formula is C14H20N2O5. The van der Waals surface area contributed by atoms with E-state index in [1.807, 2.05) is 0 Å². The van der Waals surface area contributed by atoms with Gasteiger partial charge in [-0.3, -0.25) is 14.4 Å². The van der Waals surface area contributed by atoms with E-state index in [1.54, 1.807) is 20.0 Å². The Kier molecular flexibility index (Phi) is 5.95. The molecule has 0 aliphatic carbocycles. The highest BCUT2D eigenvalue weighted by Crippen LogP contribution is 2.05. The van der Waals surface area contributed by atoms with Crippen LogP contribution in [0.2, 0.25) is 0 Å². The van der Waals surface area contributed by atoms with E-state index in [4.69, 9.17) is 4.42 Å². The Hall–Kier alpha value is -2.31. The molecule has 21 heavy (non-hydrogen) atoms. The number of hydrogen-bond donors (Lipinski definition) is 0. The van der Waals surface area contributed by atoms with Gasteiger partial charge in [-0.05, 0) is 12.1 Å². The van der Waals surface area contributed by atoms with Crippen molar-refractivity contribution in [3.8, 4) is 0 Å². The molecule has 116 valence electrons. The van der Waals surface area contributed by atoms with Gasteiger partial charge < -0.3 is 19.0 Å². The summed E-state index contributed by atoms with van der Waals surface area (Å²) in [6, 6.07) is 3.14. The zero-order chi connectivity index (χ0) is 16.0. The fourth-order valence-corrected chi connectivity index (χ4v) is 1.77. The van der Waals surface area contributed by atoms with Crippen LogP contribution in [0, 0.1) is 5.92 Å². The van der Waals surface area contributed by atoms with Gasteiger partial charge in [-0.15, -0.1) is 0 Å². The van der Waals surface area contributed by atoms with Crippen molar-refractivity contribution < 1.29 is 23.5 Å². The van der Waals surface area contributed by atoms with Gasteiger partial charge in [0.05, 0.1) is 25.8 Å². The second kappa shape index (κ2) is 7.47. The Morgan fingerprint density at radius 1 is 1.29 bits per heavy atom. The molecule has 0 saturated carbocycles. The minimum absolute atomic E-state index is 0.0933. The predicted octanol–water partition coefficient (Wildman–Crippen LogP) is 0.619. The molecular weight excluding hydrogens is 276 g/mol. The third-order valence-corrected chi connectivity index (χ3v) is 3.03. The van der Waals surface area contributed by atoms with E-state index in [0.29, 0.717) is 0 Å². The summed E-state index contributed by atoms with van der Waals surface area (Å²) in [4.78, 5) is 37.9. The molecule has 1 atom stereocenters. The summed E-state index contributed by atoms with van der Waals surface area (Å²) in [5.74, 6) is -1.27. The largest absolute Gasteiger partial charge is 0.469 e. The highest BCUT2D eigenvalue weighted by molar-refractivity contribution is 5.94. The Balaban J connectivity index is 2.52. The first kappa shape index (κ1) is 16.7. The summed E-state index contributed by atoms with van der Waals surface area (Å²) in [5, 5.41) is 0. The average Bonchev–Trinajstić information content (AvgIpc) is 2.99. The molecule has 1 aromatic rings. The monoisotopic (exact) mass is 296 g/mol. The minimum atomic E-state index is -0.421. The van der Waals surface area contributed by atoms with Crippen molar-refractivity contribution in [3.63, 3.8) is 0 Å². The summed E-state index contributed by atoms with van der Waals surface area (Å²) in [7, 11) is 4.39.